The van der Waals surface area contributed by atoms with Crippen molar-refractivity contribution in [1.29, 1.82) is 0 Å². The van der Waals surface area contributed by atoms with Crippen molar-refractivity contribution in [3.05, 3.63) is 72.2 Å². The molecule has 0 spiro atoms. The van der Waals surface area contributed by atoms with E-state index in [4.69, 9.17) is 5.14 Å². The van der Waals surface area contributed by atoms with Crippen LogP contribution in [-0.2, 0) is 10.0 Å². The molecule has 8 heteroatoms. The van der Waals surface area contributed by atoms with E-state index in [0.717, 1.165) is 6.07 Å². The summed E-state index contributed by atoms with van der Waals surface area (Å²) in [7, 11) is -4.40. The standard InChI is InChI=1S/C17H11F3N2O2S/c18-11-5-3-10(4-6-11)12-2-1-7-22-17(12)13-8-15(20)16(9-14(13)19)25(21,23)24/h1-9H,(H2,21,23,24). The van der Waals surface area contributed by atoms with Gasteiger partial charge in [0.1, 0.15) is 22.3 Å². The van der Waals surface area contributed by atoms with Gasteiger partial charge in [0.15, 0.2) is 0 Å². The van der Waals surface area contributed by atoms with Crippen LogP contribution >= 0.6 is 0 Å². The third-order valence-electron chi connectivity index (χ3n) is 3.55. The maximum absolute atomic E-state index is 14.4. The summed E-state index contributed by atoms with van der Waals surface area (Å²) in [5.41, 5.74) is 0.834. The van der Waals surface area contributed by atoms with Crippen molar-refractivity contribution in [2.75, 3.05) is 0 Å². The number of nitrogens with zero attached hydrogens (tertiary/aromatic N) is 1. The van der Waals surface area contributed by atoms with Crippen LogP contribution in [0.2, 0.25) is 0 Å². The summed E-state index contributed by atoms with van der Waals surface area (Å²) in [5.74, 6) is -2.62. The number of aromatic nitrogens is 1. The molecule has 128 valence electrons. The third-order valence-corrected chi connectivity index (χ3v) is 4.47. The predicted octanol–water partition coefficient (Wildman–Crippen LogP) is 3.48. The molecule has 2 aromatic carbocycles. The Labute approximate surface area is 141 Å². The highest BCUT2D eigenvalue weighted by Gasteiger charge is 2.21. The molecule has 1 aromatic heterocycles. The average molecular weight is 364 g/mol. The molecule has 0 saturated carbocycles. The molecule has 1 heterocycles. The number of halogens is 3. The molecular formula is C17H11F3N2O2S. The van der Waals surface area contributed by atoms with Gasteiger partial charge in [0, 0.05) is 17.3 Å². The van der Waals surface area contributed by atoms with Gasteiger partial charge in [-0.1, -0.05) is 18.2 Å². The maximum atomic E-state index is 14.4. The Morgan fingerprint density at radius 2 is 1.56 bits per heavy atom. The van der Waals surface area contributed by atoms with Crippen molar-refractivity contribution in [2.45, 2.75) is 4.90 Å². The van der Waals surface area contributed by atoms with Crippen LogP contribution in [0.25, 0.3) is 22.4 Å². The van der Waals surface area contributed by atoms with Gasteiger partial charge < -0.3 is 0 Å². The number of pyridine rings is 1. The lowest BCUT2D eigenvalue weighted by Crippen LogP contribution is -2.14. The second kappa shape index (κ2) is 6.30. The Hall–Kier alpha value is -2.71. The van der Waals surface area contributed by atoms with E-state index in [2.05, 4.69) is 4.98 Å². The summed E-state index contributed by atoms with van der Waals surface area (Å²) in [4.78, 5) is 3.12. The number of rotatable bonds is 3. The third kappa shape index (κ3) is 3.40. The van der Waals surface area contributed by atoms with E-state index >= 15 is 0 Å². The summed E-state index contributed by atoms with van der Waals surface area (Å²) in [6.45, 7) is 0. The fraction of sp³-hybridized carbons (Fsp3) is 0. The molecule has 0 bridgehead atoms. The number of benzene rings is 2. The van der Waals surface area contributed by atoms with E-state index in [1.165, 1.54) is 30.5 Å². The van der Waals surface area contributed by atoms with Crippen LogP contribution in [0.15, 0.2) is 59.6 Å². The summed E-state index contributed by atoms with van der Waals surface area (Å²) in [5, 5.41) is 4.86. The Kier molecular flexibility index (Phi) is 4.32. The first kappa shape index (κ1) is 17.1. The zero-order valence-corrected chi connectivity index (χ0v) is 13.4. The van der Waals surface area contributed by atoms with Gasteiger partial charge in [0.25, 0.3) is 0 Å². The largest absolute Gasteiger partial charge is 0.255 e. The van der Waals surface area contributed by atoms with Gasteiger partial charge in [-0.15, -0.1) is 0 Å². The summed E-state index contributed by atoms with van der Waals surface area (Å²) >= 11 is 0. The predicted molar refractivity (Wildman–Crippen MR) is 86.4 cm³/mol. The Morgan fingerprint density at radius 1 is 0.880 bits per heavy atom. The number of nitrogens with two attached hydrogens (primary N) is 1. The molecule has 3 rings (SSSR count). The van der Waals surface area contributed by atoms with Crippen LogP contribution in [0.3, 0.4) is 0 Å². The van der Waals surface area contributed by atoms with Crippen LogP contribution in [0.4, 0.5) is 13.2 Å². The number of hydrogen-bond donors (Lipinski definition) is 1. The van der Waals surface area contributed by atoms with E-state index in [1.54, 1.807) is 12.1 Å². The number of sulfonamides is 1. The normalized spacial score (nSPS) is 11.5. The smallest absolute Gasteiger partial charge is 0.241 e. The van der Waals surface area contributed by atoms with Gasteiger partial charge in [-0.2, -0.15) is 0 Å². The van der Waals surface area contributed by atoms with E-state index in [9.17, 15) is 21.6 Å². The van der Waals surface area contributed by atoms with E-state index in [0.29, 0.717) is 17.2 Å². The molecule has 0 unspecified atom stereocenters. The maximum Gasteiger partial charge on any atom is 0.241 e. The molecular weight excluding hydrogens is 353 g/mol. The van der Waals surface area contributed by atoms with Crippen LogP contribution < -0.4 is 5.14 Å². The SMILES string of the molecule is NS(=O)(=O)c1cc(F)c(-c2ncccc2-c2ccc(F)cc2)cc1F. The molecule has 4 nitrogen and oxygen atoms in total. The Bertz CT molecular complexity index is 1050. The number of hydrogen-bond acceptors (Lipinski definition) is 3. The minimum absolute atomic E-state index is 0.0893. The Morgan fingerprint density at radius 3 is 2.20 bits per heavy atom. The van der Waals surface area contributed by atoms with Crippen molar-refractivity contribution >= 4 is 10.0 Å². The molecule has 3 aromatic rings. The lowest BCUT2D eigenvalue weighted by molar-refractivity contribution is 0.555. The number of primary sulfonamides is 1. The topological polar surface area (TPSA) is 73.1 Å². The molecule has 0 radical (unpaired) electrons. The summed E-state index contributed by atoms with van der Waals surface area (Å²) in [6.07, 6.45) is 1.38. The second-order valence-electron chi connectivity index (χ2n) is 5.21. The minimum atomic E-state index is -4.40. The van der Waals surface area contributed by atoms with Crippen molar-refractivity contribution in [1.82, 2.24) is 4.98 Å². The lowest BCUT2D eigenvalue weighted by Gasteiger charge is -2.11. The molecule has 0 fully saturated rings. The van der Waals surface area contributed by atoms with E-state index in [1.807, 2.05) is 0 Å². The highest BCUT2D eigenvalue weighted by Crippen LogP contribution is 2.33. The average Bonchev–Trinajstić information content (AvgIpc) is 2.56. The monoisotopic (exact) mass is 364 g/mol. The van der Waals surface area contributed by atoms with Gasteiger partial charge in [-0.05, 0) is 35.9 Å². The van der Waals surface area contributed by atoms with Gasteiger partial charge in [0.2, 0.25) is 10.0 Å². The lowest BCUT2D eigenvalue weighted by atomic mass is 9.99. The van der Waals surface area contributed by atoms with Crippen LogP contribution in [0.1, 0.15) is 0 Å². The fourth-order valence-electron chi connectivity index (χ4n) is 2.41. The highest BCUT2D eigenvalue weighted by atomic mass is 32.2. The summed E-state index contributed by atoms with van der Waals surface area (Å²) in [6, 6.07) is 9.86. The van der Waals surface area contributed by atoms with Crippen molar-refractivity contribution in [3.63, 3.8) is 0 Å². The van der Waals surface area contributed by atoms with Crippen molar-refractivity contribution in [3.8, 4) is 22.4 Å². The van der Waals surface area contributed by atoms with E-state index < -0.39 is 32.4 Å². The van der Waals surface area contributed by atoms with Crippen LogP contribution in [-0.4, -0.2) is 13.4 Å². The molecule has 2 N–H and O–H groups in total. The van der Waals surface area contributed by atoms with Crippen LogP contribution in [0.5, 0.6) is 0 Å². The first-order chi connectivity index (χ1) is 11.8. The Balaban J connectivity index is 2.22. The molecule has 0 aliphatic heterocycles. The van der Waals surface area contributed by atoms with Gasteiger partial charge in [0.05, 0.1) is 5.69 Å². The first-order valence-corrected chi connectivity index (χ1v) is 8.55. The second-order valence-corrected chi connectivity index (χ2v) is 6.74. The molecule has 0 atom stereocenters. The first-order valence-electron chi connectivity index (χ1n) is 7.00. The molecule has 0 aliphatic rings. The van der Waals surface area contributed by atoms with Gasteiger partial charge in [-0.3, -0.25) is 4.98 Å². The minimum Gasteiger partial charge on any atom is -0.255 e. The fourth-order valence-corrected chi connectivity index (χ4v) is 3.01. The van der Waals surface area contributed by atoms with Crippen molar-refractivity contribution < 1.29 is 21.6 Å². The quantitative estimate of drug-likeness (QED) is 0.773. The van der Waals surface area contributed by atoms with Crippen LogP contribution in [0, 0.1) is 17.5 Å². The summed E-state index contributed by atoms with van der Waals surface area (Å²) < 4.78 is 64.2. The van der Waals surface area contributed by atoms with E-state index in [-0.39, 0.29) is 11.3 Å². The van der Waals surface area contributed by atoms with Gasteiger partial charge >= 0.3 is 0 Å². The molecule has 25 heavy (non-hydrogen) atoms. The molecule has 0 aliphatic carbocycles. The highest BCUT2D eigenvalue weighted by molar-refractivity contribution is 7.89. The van der Waals surface area contributed by atoms with Crippen molar-refractivity contribution in [2.24, 2.45) is 5.14 Å². The molecule has 0 saturated heterocycles. The molecule has 0 amide bonds. The zero-order chi connectivity index (χ0) is 18.2. The zero-order valence-electron chi connectivity index (χ0n) is 12.6. The van der Waals surface area contributed by atoms with Gasteiger partial charge in [-0.25, -0.2) is 26.7 Å².